The summed E-state index contributed by atoms with van der Waals surface area (Å²) in [5.41, 5.74) is 2.98. The molecule has 0 aliphatic heterocycles. The van der Waals surface area contributed by atoms with Crippen LogP contribution < -0.4 is 0 Å². The number of nitrogens with zero attached hydrogens (tertiary/aromatic N) is 5. The molecule has 0 unspecified atom stereocenters. The van der Waals surface area contributed by atoms with Crippen LogP contribution in [0, 0.1) is 20.8 Å². The van der Waals surface area contributed by atoms with E-state index >= 15 is 0 Å². The highest BCUT2D eigenvalue weighted by Gasteiger charge is 2.21. The van der Waals surface area contributed by atoms with Crippen LogP contribution in [0.15, 0.2) is 41.1 Å². The molecule has 0 atom stereocenters. The van der Waals surface area contributed by atoms with Gasteiger partial charge in [-0.15, -0.1) is 5.10 Å². The van der Waals surface area contributed by atoms with Gasteiger partial charge in [0.15, 0.2) is 6.61 Å². The largest absolute Gasteiger partial charge is 0.467 e. The Hall–Kier alpha value is -3.75. The molecule has 0 aliphatic rings. The first-order chi connectivity index (χ1) is 13.9. The minimum atomic E-state index is -0.771. The standard InChI is InChI=1S/C20H19N5O4/c1-12-6-7-21-20-22-18(23-25(12)20)19(27)29-11-17(26)16-9-13(2)24(14(16)3)10-15-5-4-8-28-15/h4-9H,10-11H2,1-3H3. The van der Waals surface area contributed by atoms with E-state index in [9.17, 15) is 9.59 Å². The summed E-state index contributed by atoms with van der Waals surface area (Å²) in [5.74, 6) is -0.116. The Morgan fingerprint density at radius 2 is 2.00 bits per heavy atom. The molecule has 0 radical (unpaired) electrons. The Kier molecular flexibility index (Phi) is 4.71. The fourth-order valence-electron chi connectivity index (χ4n) is 3.15. The molecule has 0 amide bonds. The lowest BCUT2D eigenvalue weighted by molar-refractivity contribution is 0.0462. The van der Waals surface area contributed by atoms with Crippen molar-refractivity contribution in [1.82, 2.24) is 24.1 Å². The highest BCUT2D eigenvalue weighted by atomic mass is 16.5. The molecule has 0 saturated heterocycles. The maximum atomic E-state index is 12.6. The number of hydrogen-bond donors (Lipinski definition) is 0. The number of Topliss-reactive ketones (excluding diaryl/α,β-unsaturated/α-hetero) is 1. The maximum Gasteiger partial charge on any atom is 0.378 e. The number of fused-ring (bicyclic) bond motifs is 1. The number of esters is 1. The van der Waals surface area contributed by atoms with Crippen molar-refractivity contribution in [3.05, 3.63) is 71.0 Å². The SMILES string of the molecule is Cc1cc(C(=O)COC(=O)c2nc3nccc(C)n3n2)c(C)n1Cc1ccco1. The molecular formula is C20H19N5O4. The van der Waals surface area contributed by atoms with Crippen molar-refractivity contribution in [1.29, 1.82) is 0 Å². The maximum absolute atomic E-state index is 12.6. The average molecular weight is 393 g/mol. The number of ether oxygens (including phenoxy) is 1. The quantitative estimate of drug-likeness (QED) is 0.366. The Morgan fingerprint density at radius 3 is 2.72 bits per heavy atom. The van der Waals surface area contributed by atoms with Gasteiger partial charge >= 0.3 is 5.97 Å². The number of ketones is 1. The van der Waals surface area contributed by atoms with Gasteiger partial charge in [0.1, 0.15) is 5.76 Å². The normalized spacial score (nSPS) is 11.1. The number of carbonyl (C=O) groups excluding carboxylic acids is 2. The molecule has 0 spiro atoms. The zero-order valence-electron chi connectivity index (χ0n) is 16.2. The van der Waals surface area contributed by atoms with Crippen molar-refractivity contribution in [2.45, 2.75) is 27.3 Å². The summed E-state index contributed by atoms with van der Waals surface area (Å²) in [6, 6.07) is 7.23. The second kappa shape index (κ2) is 7.34. The molecule has 4 aromatic heterocycles. The minimum Gasteiger partial charge on any atom is -0.467 e. The van der Waals surface area contributed by atoms with Gasteiger partial charge in [-0.1, -0.05) is 0 Å². The molecule has 4 aromatic rings. The highest BCUT2D eigenvalue weighted by molar-refractivity contribution is 6.00. The first kappa shape index (κ1) is 18.6. The van der Waals surface area contributed by atoms with Crippen molar-refractivity contribution in [2.75, 3.05) is 6.61 Å². The molecule has 4 heterocycles. The van der Waals surface area contributed by atoms with Crippen molar-refractivity contribution in [2.24, 2.45) is 0 Å². The lowest BCUT2D eigenvalue weighted by atomic mass is 10.1. The van der Waals surface area contributed by atoms with Gasteiger partial charge in [-0.3, -0.25) is 4.79 Å². The van der Waals surface area contributed by atoms with Gasteiger partial charge in [-0.2, -0.15) is 4.98 Å². The van der Waals surface area contributed by atoms with Gasteiger partial charge in [0.25, 0.3) is 11.6 Å². The van der Waals surface area contributed by atoms with Crippen LogP contribution in [0.5, 0.6) is 0 Å². The van der Waals surface area contributed by atoms with E-state index in [4.69, 9.17) is 9.15 Å². The third-order valence-electron chi connectivity index (χ3n) is 4.71. The summed E-state index contributed by atoms with van der Waals surface area (Å²) in [7, 11) is 0. The average Bonchev–Trinajstić information content (AvgIpc) is 3.42. The van der Waals surface area contributed by atoms with E-state index < -0.39 is 12.6 Å². The molecule has 0 aromatic carbocycles. The Bertz CT molecular complexity index is 1200. The first-order valence-electron chi connectivity index (χ1n) is 9.02. The number of aryl methyl sites for hydroxylation is 2. The third kappa shape index (κ3) is 3.54. The molecule has 9 heteroatoms. The number of aromatic nitrogens is 5. The minimum absolute atomic E-state index is 0.136. The number of carbonyl (C=O) groups is 2. The van der Waals surface area contributed by atoms with E-state index in [1.54, 1.807) is 24.6 Å². The third-order valence-corrected chi connectivity index (χ3v) is 4.71. The van der Waals surface area contributed by atoms with Crippen molar-refractivity contribution < 1.29 is 18.7 Å². The zero-order chi connectivity index (χ0) is 20.5. The molecular weight excluding hydrogens is 374 g/mol. The lowest BCUT2D eigenvalue weighted by Crippen LogP contribution is -2.16. The number of hydrogen-bond acceptors (Lipinski definition) is 7. The summed E-state index contributed by atoms with van der Waals surface area (Å²) in [4.78, 5) is 33.0. The molecule has 4 rings (SSSR count). The van der Waals surface area contributed by atoms with Crippen LogP contribution in [0.3, 0.4) is 0 Å². The van der Waals surface area contributed by atoms with Gasteiger partial charge in [0, 0.05) is 28.8 Å². The van der Waals surface area contributed by atoms with Crippen molar-refractivity contribution in [3.8, 4) is 0 Å². The molecule has 29 heavy (non-hydrogen) atoms. The van der Waals surface area contributed by atoms with Crippen LogP contribution in [0.2, 0.25) is 0 Å². The summed E-state index contributed by atoms with van der Waals surface area (Å²) in [6.07, 6.45) is 3.19. The molecule has 9 nitrogen and oxygen atoms in total. The predicted octanol–water partition coefficient (Wildman–Crippen LogP) is 2.53. The highest BCUT2D eigenvalue weighted by Crippen LogP contribution is 2.18. The summed E-state index contributed by atoms with van der Waals surface area (Å²) in [6.45, 7) is 5.71. The lowest BCUT2D eigenvalue weighted by Gasteiger charge is -2.08. The molecule has 0 bridgehead atoms. The molecule has 148 valence electrons. The number of rotatable bonds is 6. The Morgan fingerprint density at radius 1 is 1.17 bits per heavy atom. The molecule has 0 aliphatic carbocycles. The van der Waals surface area contributed by atoms with Gasteiger partial charge in [0.2, 0.25) is 5.78 Å². The fraction of sp³-hybridized carbons (Fsp3) is 0.250. The molecule has 0 N–H and O–H groups in total. The summed E-state index contributed by atoms with van der Waals surface area (Å²) in [5, 5.41) is 4.08. The van der Waals surface area contributed by atoms with E-state index in [1.165, 1.54) is 4.52 Å². The Labute approximate surface area is 165 Å². The van der Waals surface area contributed by atoms with Crippen molar-refractivity contribution >= 4 is 17.5 Å². The second-order valence-corrected chi connectivity index (χ2v) is 6.68. The van der Waals surface area contributed by atoms with Gasteiger partial charge in [0.05, 0.1) is 12.8 Å². The van der Waals surface area contributed by atoms with Gasteiger partial charge in [-0.25, -0.2) is 14.3 Å². The Balaban J connectivity index is 1.46. The van der Waals surface area contributed by atoms with Crippen LogP contribution in [0.4, 0.5) is 0 Å². The molecule has 0 fully saturated rings. The van der Waals surface area contributed by atoms with E-state index in [1.807, 2.05) is 37.5 Å². The summed E-state index contributed by atoms with van der Waals surface area (Å²) < 4.78 is 13.9. The van der Waals surface area contributed by atoms with E-state index in [2.05, 4.69) is 15.1 Å². The van der Waals surface area contributed by atoms with E-state index in [-0.39, 0.29) is 11.6 Å². The number of furan rings is 1. The topological polar surface area (TPSA) is 105 Å². The van der Waals surface area contributed by atoms with Crippen molar-refractivity contribution in [3.63, 3.8) is 0 Å². The van der Waals surface area contributed by atoms with Crippen LogP contribution in [-0.2, 0) is 11.3 Å². The summed E-state index contributed by atoms with van der Waals surface area (Å²) >= 11 is 0. The second-order valence-electron chi connectivity index (χ2n) is 6.68. The predicted molar refractivity (Wildman–Crippen MR) is 102 cm³/mol. The molecule has 0 saturated carbocycles. The van der Waals surface area contributed by atoms with Crippen LogP contribution in [0.1, 0.15) is 43.8 Å². The van der Waals surface area contributed by atoms with Gasteiger partial charge < -0.3 is 13.7 Å². The van der Waals surface area contributed by atoms with Crippen LogP contribution in [0.25, 0.3) is 5.78 Å². The van der Waals surface area contributed by atoms with E-state index in [0.717, 1.165) is 22.8 Å². The van der Waals surface area contributed by atoms with Crippen LogP contribution in [-0.4, -0.2) is 42.5 Å². The fourth-order valence-corrected chi connectivity index (χ4v) is 3.15. The smallest absolute Gasteiger partial charge is 0.378 e. The van der Waals surface area contributed by atoms with Gasteiger partial charge in [-0.05, 0) is 45.0 Å². The van der Waals surface area contributed by atoms with Crippen LogP contribution >= 0.6 is 0 Å². The monoisotopic (exact) mass is 393 g/mol. The van der Waals surface area contributed by atoms with E-state index in [0.29, 0.717) is 17.9 Å². The first-order valence-corrected chi connectivity index (χ1v) is 9.02. The zero-order valence-corrected chi connectivity index (χ0v) is 16.2.